The van der Waals surface area contributed by atoms with E-state index >= 15 is 0 Å². The number of anilines is 1. The summed E-state index contributed by atoms with van der Waals surface area (Å²) >= 11 is 1.74. The normalized spacial score (nSPS) is 19.4. The van der Waals surface area contributed by atoms with Crippen molar-refractivity contribution < 1.29 is 17.5 Å². The second-order valence-electron chi connectivity index (χ2n) is 11.1. The molecule has 3 aromatic rings. The van der Waals surface area contributed by atoms with Crippen molar-refractivity contribution in [3.05, 3.63) is 95.7 Å². The number of likely N-dealkylation sites (N-methyl/N-ethyl adjacent to an activating group) is 1. The lowest BCUT2D eigenvalue weighted by Gasteiger charge is -2.23. The van der Waals surface area contributed by atoms with E-state index < -0.39 is 10.1 Å². The van der Waals surface area contributed by atoms with Gasteiger partial charge >= 0.3 is 0 Å². The first-order valence-corrected chi connectivity index (χ1v) is 15.4. The second-order valence-corrected chi connectivity index (χ2v) is 13.7. The van der Waals surface area contributed by atoms with Crippen LogP contribution >= 0.6 is 11.3 Å². The summed E-state index contributed by atoms with van der Waals surface area (Å²) in [6, 6.07) is 17.0. The number of para-hydroxylation sites is 1. The Morgan fingerprint density at radius 1 is 0.974 bits per heavy atom. The fourth-order valence-electron chi connectivity index (χ4n) is 5.99. The summed E-state index contributed by atoms with van der Waals surface area (Å²) in [5.74, 6) is -0.250. The van der Waals surface area contributed by atoms with Crippen LogP contribution in [0, 0.1) is 0 Å². The van der Waals surface area contributed by atoms with Gasteiger partial charge in [-0.05, 0) is 37.6 Å². The lowest BCUT2D eigenvalue weighted by molar-refractivity contribution is -0.433. The molecule has 2 aliphatic rings. The van der Waals surface area contributed by atoms with E-state index in [1.54, 1.807) is 11.3 Å². The standard InChI is InChI=1S/C31H34N2O3S2/c1-30(2)23-15-10-11-16-24(23)32(5)26(30)18-7-6-8-19-27-31(3,4)28-22-14-9-12-17-25(22)37-29(28)33(27)20-13-21-38(34,35)36/h6-12,14-19H,13,20-21H2,1-5H3/p+1. The third kappa shape index (κ3) is 4.57. The zero-order chi connectivity index (χ0) is 27.3. The molecule has 3 heterocycles. The second kappa shape index (κ2) is 9.63. The van der Waals surface area contributed by atoms with Gasteiger partial charge < -0.3 is 4.90 Å². The molecule has 1 aromatic heterocycles. The number of benzene rings is 2. The first-order valence-electron chi connectivity index (χ1n) is 12.9. The van der Waals surface area contributed by atoms with Gasteiger partial charge in [0, 0.05) is 46.4 Å². The molecule has 0 bridgehead atoms. The maximum absolute atomic E-state index is 11.4. The van der Waals surface area contributed by atoms with Crippen LogP contribution < -0.4 is 4.90 Å². The van der Waals surface area contributed by atoms with Crippen molar-refractivity contribution in [1.29, 1.82) is 0 Å². The zero-order valence-electron chi connectivity index (χ0n) is 22.6. The van der Waals surface area contributed by atoms with Gasteiger partial charge in [-0.3, -0.25) is 4.55 Å². The van der Waals surface area contributed by atoms with Crippen molar-refractivity contribution in [3.63, 3.8) is 0 Å². The molecule has 0 saturated heterocycles. The van der Waals surface area contributed by atoms with E-state index in [4.69, 9.17) is 0 Å². The molecule has 0 unspecified atom stereocenters. The molecule has 0 radical (unpaired) electrons. The Morgan fingerprint density at radius 2 is 1.68 bits per heavy atom. The summed E-state index contributed by atoms with van der Waals surface area (Å²) in [7, 11) is -1.88. The molecule has 38 heavy (non-hydrogen) atoms. The number of hydrogen-bond donors (Lipinski definition) is 1. The molecule has 7 heteroatoms. The Labute approximate surface area is 229 Å². The van der Waals surface area contributed by atoms with Crippen molar-refractivity contribution >= 4 is 47.9 Å². The summed E-state index contributed by atoms with van der Waals surface area (Å²) in [5, 5.41) is 2.40. The first-order chi connectivity index (χ1) is 17.9. The quantitative estimate of drug-likeness (QED) is 0.197. The minimum Gasteiger partial charge on any atom is -0.347 e. The van der Waals surface area contributed by atoms with Crippen molar-refractivity contribution in [2.75, 3.05) is 24.2 Å². The van der Waals surface area contributed by atoms with Gasteiger partial charge in [0.25, 0.3) is 15.1 Å². The Morgan fingerprint density at radius 3 is 2.42 bits per heavy atom. The van der Waals surface area contributed by atoms with Crippen LogP contribution in [0.5, 0.6) is 0 Å². The maximum atomic E-state index is 11.4. The number of nitrogens with zero attached hydrogens (tertiary/aromatic N) is 2. The van der Waals surface area contributed by atoms with Gasteiger partial charge in [0.05, 0.1) is 16.7 Å². The fraction of sp³-hybridized carbons (Fsp3) is 0.323. The Kier molecular flexibility index (Phi) is 6.74. The van der Waals surface area contributed by atoms with Gasteiger partial charge in [-0.2, -0.15) is 13.0 Å². The van der Waals surface area contributed by atoms with Crippen LogP contribution in [-0.2, 0) is 20.9 Å². The molecule has 1 N–H and O–H groups in total. The highest BCUT2D eigenvalue weighted by Gasteiger charge is 2.47. The van der Waals surface area contributed by atoms with Crippen molar-refractivity contribution in [2.45, 2.75) is 44.9 Å². The minimum atomic E-state index is -4.00. The van der Waals surface area contributed by atoms with Crippen LogP contribution in [0.4, 0.5) is 10.7 Å². The molecule has 198 valence electrons. The average Bonchev–Trinajstić information content (AvgIpc) is 3.40. The lowest BCUT2D eigenvalue weighted by Crippen LogP contribution is -2.28. The van der Waals surface area contributed by atoms with Gasteiger partial charge in [0.1, 0.15) is 0 Å². The Hall–Kier alpha value is -3.00. The molecule has 0 amide bonds. The van der Waals surface area contributed by atoms with E-state index in [9.17, 15) is 13.0 Å². The number of fused-ring (bicyclic) bond motifs is 4. The van der Waals surface area contributed by atoms with Crippen LogP contribution in [0.3, 0.4) is 0 Å². The molecule has 2 aliphatic heterocycles. The highest BCUT2D eigenvalue weighted by molar-refractivity contribution is 7.85. The van der Waals surface area contributed by atoms with E-state index in [1.807, 2.05) is 0 Å². The van der Waals surface area contributed by atoms with Crippen LogP contribution in [0.2, 0.25) is 0 Å². The van der Waals surface area contributed by atoms with Gasteiger partial charge in [0.15, 0.2) is 12.3 Å². The van der Waals surface area contributed by atoms with Gasteiger partial charge in [-0.15, -0.1) is 0 Å². The smallest absolute Gasteiger partial charge is 0.267 e. The van der Waals surface area contributed by atoms with E-state index in [0.717, 1.165) is 10.7 Å². The summed E-state index contributed by atoms with van der Waals surface area (Å²) in [6.45, 7) is 9.50. The summed E-state index contributed by atoms with van der Waals surface area (Å²) in [4.78, 5) is 2.26. The summed E-state index contributed by atoms with van der Waals surface area (Å²) in [5.41, 5.74) is 5.92. The van der Waals surface area contributed by atoms with Gasteiger partial charge in [-0.25, -0.2) is 0 Å². The topological polar surface area (TPSA) is 60.6 Å². The maximum Gasteiger partial charge on any atom is 0.267 e. The van der Waals surface area contributed by atoms with Crippen molar-refractivity contribution in [1.82, 2.24) is 0 Å². The third-order valence-electron chi connectivity index (χ3n) is 7.83. The molecule has 0 aliphatic carbocycles. The summed E-state index contributed by atoms with van der Waals surface area (Å²) in [6.07, 6.45) is 10.9. The molecule has 5 rings (SSSR count). The molecule has 0 fully saturated rings. The van der Waals surface area contributed by atoms with Crippen molar-refractivity contribution in [3.8, 4) is 0 Å². The van der Waals surface area contributed by atoms with Crippen LogP contribution in [0.25, 0.3) is 10.1 Å². The highest BCUT2D eigenvalue weighted by Crippen LogP contribution is 2.50. The monoisotopic (exact) mass is 547 g/mol. The number of hydrogen-bond acceptors (Lipinski definition) is 4. The highest BCUT2D eigenvalue weighted by atomic mass is 32.2. The van der Waals surface area contributed by atoms with E-state index in [-0.39, 0.29) is 16.6 Å². The molecule has 0 spiro atoms. The van der Waals surface area contributed by atoms with Crippen molar-refractivity contribution in [2.24, 2.45) is 0 Å². The van der Waals surface area contributed by atoms with E-state index in [2.05, 4.69) is 123 Å². The largest absolute Gasteiger partial charge is 0.347 e. The Bertz CT molecular complexity index is 1640. The molecular formula is C31H35N2O3S2+. The zero-order valence-corrected chi connectivity index (χ0v) is 24.2. The molecule has 0 saturated carbocycles. The average molecular weight is 548 g/mol. The predicted octanol–water partition coefficient (Wildman–Crippen LogP) is 6.98. The van der Waals surface area contributed by atoms with Crippen LogP contribution in [0.15, 0.2) is 84.6 Å². The number of rotatable bonds is 7. The first kappa shape index (κ1) is 26.6. The molecule has 2 aromatic carbocycles. The molecular weight excluding hydrogens is 512 g/mol. The lowest BCUT2D eigenvalue weighted by atomic mass is 9.81. The van der Waals surface area contributed by atoms with Crippen LogP contribution in [-0.4, -0.2) is 42.6 Å². The number of thiophene rings is 1. The molecule has 5 nitrogen and oxygen atoms in total. The van der Waals surface area contributed by atoms with E-state index in [0.29, 0.717) is 13.0 Å². The fourth-order valence-corrected chi connectivity index (χ4v) is 7.88. The Balaban J connectivity index is 1.46. The van der Waals surface area contributed by atoms with Crippen LogP contribution in [0.1, 0.15) is 45.2 Å². The number of allylic oxidation sites excluding steroid dienone is 6. The van der Waals surface area contributed by atoms with Gasteiger partial charge in [0.2, 0.25) is 0 Å². The molecule has 0 atom stereocenters. The third-order valence-corrected chi connectivity index (χ3v) is 9.83. The predicted molar refractivity (Wildman–Crippen MR) is 160 cm³/mol. The SMILES string of the molecule is CN1\C(=C/C=C/C=C/C2=[N+](CCCS(=O)(=O)O)c3sc4ccccc4c3C2(C)C)C(C)(C)c2ccccc21. The minimum absolute atomic E-state index is 0.0687. The van der Waals surface area contributed by atoms with Gasteiger partial charge in [-0.1, -0.05) is 79.8 Å². The van der Waals surface area contributed by atoms with E-state index in [1.165, 1.54) is 32.6 Å². The summed E-state index contributed by atoms with van der Waals surface area (Å²) < 4.78 is 35.5.